The third kappa shape index (κ3) is 3.26. The predicted molar refractivity (Wildman–Crippen MR) is 59.5 cm³/mol. The summed E-state index contributed by atoms with van der Waals surface area (Å²) in [7, 11) is 1.55. The van der Waals surface area contributed by atoms with E-state index in [0.717, 1.165) is 0 Å². The van der Waals surface area contributed by atoms with Crippen LogP contribution in [0.5, 0.6) is 0 Å². The van der Waals surface area contributed by atoms with Crippen molar-refractivity contribution in [3.63, 3.8) is 0 Å². The molecule has 0 fully saturated rings. The topological polar surface area (TPSA) is 64.4 Å². The van der Waals surface area contributed by atoms with Crippen molar-refractivity contribution in [2.75, 3.05) is 13.7 Å². The monoisotopic (exact) mass is 244 g/mol. The van der Waals surface area contributed by atoms with Gasteiger partial charge in [-0.05, 0) is 6.92 Å². The smallest absolute Gasteiger partial charge is 0.273 e. The molecule has 0 spiro atoms. The zero-order valence-corrected chi connectivity index (χ0v) is 10.2. The lowest BCUT2D eigenvalue weighted by Gasteiger charge is -2.09. The Balaban J connectivity index is 2.72. The molecule has 0 aromatic carbocycles. The first-order valence-electron chi connectivity index (χ1n) is 5.48. The highest BCUT2D eigenvalue weighted by molar-refractivity contribution is 5.93. The number of rotatable bonds is 6. The van der Waals surface area contributed by atoms with Crippen molar-refractivity contribution >= 4 is 5.91 Å². The van der Waals surface area contributed by atoms with Crippen molar-refractivity contribution in [1.82, 2.24) is 10.5 Å². The van der Waals surface area contributed by atoms with Gasteiger partial charge in [-0.3, -0.25) is 4.79 Å². The number of carbonyl (C=O) groups excluding carboxylic acids is 1. The van der Waals surface area contributed by atoms with Crippen molar-refractivity contribution in [2.45, 2.75) is 33.0 Å². The van der Waals surface area contributed by atoms with Gasteiger partial charge in [0, 0.05) is 20.1 Å². The third-order valence-corrected chi connectivity index (χ3v) is 2.49. The lowest BCUT2D eigenvalue weighted by molar-refractivity contribution is 0.0861. The van der Waals surface area contributed by atoms with Gasteiger partial charge in [0.05, 0.1) is 11.7 Å². The number of hydrogen-bond acceptors (Lipinski definition) is 4. The number of methoxy groups -OCH3 is 1. The molecule has 0 aliphatic rings. The van der Waals surface area contributed by atoms with Gasteiger partial charge in [-0.1, -0.05) is 12.1 Å². The first kappa shape index (κ1) is 13.6. The Morgan fingerprint density at radius 1 is 1.65 bits per heavy atom. The minimum absolute atomic E-state index is 0.0210. The summed E-state index contributed by atoms with van der Waals surface area (Å²) < 4.78 is 22.7. The Labute approximate surface area is 99.3 Å². The fourth-order valence-corrected chi connectivity index (χ4v) is 1.34. The van der Waals surface area contributed by atoms with Gasteiger partial charge in [0.15, 0.2) is 5.69 Å². The Kier molecular flexibility index (Phi) is 5.09. The molecule has 0 aliphatic carbocycles. The maximum absolute atomic E-state index is 12.8. The van der Waals surface area contributed by atoms with Crippen molar-refractivity contribution in [3.05, 3.63) is 17.0 Å². The van der Waals surface area contributed by atoms with E-state index >= 15 is 0 Å². The number of ether oxygens (including phenoxy) is 1. The zero-order chi connectivity index (χ0) is 12.8. The van der Waals surface area contributed by atoms with Crippen molar-refractivity contribution < 1.29 is 18.4 Å². The lowest BCUT2D eigenvalue weighted by atomic mass is 10.1. The van der Waals surface area contributed by atoms with Gasteiger partial charge < -0.3 is 14.6 Å². The van der Waals surface area contributed by atoms with Crippen LogP contribution < -0.4 is 5.32 Å². The number of hydrogen-bond donors (Lipinski definition) is 1. The van der Waals surface area contributed by atoms with Gasteiger partial charge in [-0.15, -0.1) is 0 Å². The molecule has 1 heterocycles. The van der Waals surface area contributed by atoms with E-state index in [1.807, 2.05) is 13.8 Å². The third-order valence-electron chi connectivity index (χ3n) is 2.49. The van der Waals surface area contributed by atoms with E-state index in [2.05, 4.69) is 10.5 Å². The van der Waals surface area contributed by atoms with Crippen molar-refractivity contribution in [2.24, 2.45) is 0 Å². The Morgan fingerprint density at radius 3 is 2.88 bits per heavy atom. The number of halogens is 1. The van der Waals surface area contributed by atoms with E-state index in [0.29, 0.717) is 18.7 Å². The quantitative estimate of drug-likeness (QED) is 0.823. The van der Waals surface area contributed by atoms with Gasteiger partial charge in [0.25, 0.3) is 5.91 Å². The van der Waals surface area contributed by atoms with E-state index in [1.54, 1.807) is 7.11 Å². The predicted octanol–water partition coefficient (Wildman–Crippen LogP) is 1.47. The van der Waals surface area contributed by atoms with Crippen LogP contribution in [0.2, 0.25) is 0 Å². The van der Waals surface area contributed by atoms with Crippen molar-refractivity contribution in [3.8, 4) is 0 Å². The van der Waals surface area contributed by atoms with Crippen LogP contribution in [0, 0.1) is 0 Å². The number of aromatic nitrogens is 1. The second kappa shape index (κ2) is 6.34. The molecular formula is C11H17FN2O3. The summed E-state index contributed by atoms with van der Waals surface area (Å²) in [5.41, 5.74) is 0.253. The van der Waals surface area contributed by atoms with E-state index in [9.17, 15) is 9.18 Å². The Hall–Kier alpha value is -1.43. The SMILES string of the molecule is CCc1onc(C(=O)NCC(C)OC)c1CF. The van der Waals surface area contributed by atoms with E-state index in [4.69, 9.17) is 9.26 Å². The molecule has 0 saturated heterocycles. The molecule has 0 aliphatic heterocycles. The molecule has 0 saturated carbocycles. The van der Waals surface area contributed by atoms with Crippen LogP contribution in [0.25, 0.3) is 0 Å². The molecule has 0 bridgehead atoms. The maximum atomic E-state index is 12.8. The van der Waals surface area contributed by atoms with Crippen LogP contribution in [-0.2, 0) is 17.8 Å². The molecule has 1 atom stereocenters. The summed E-state index contributed by atoms with van der Waals surface area (Å²) in [6, 6.07) is 0. The first-order chi connectivity index (χ1) is 8.13. The second-order valence-electron chi connectivity index (χ2n) is 3.68. The van der Waals surface area contributed by atoms with Gasteiger partial charge >= 0.3 is 0 Å². The molecule has 1 unspecified atom stereocenters. The first-order valence-corrected chi connectivity index (χ1v) is 5.48. The van der Waals surface area contributed by atoms with Crippen LogP contribution in [-0.4, -0.2) is 30.8 Å². The molecule has 1 rings (SSSR count). The van der Waals surface area contributed by atoms with E-state index in [-0.39, 0.29) is 17.4 Å². The Morgan fingerprint density at radius 2 is 2.35 bits per heavy atom. The number of amides is 1. The lowest BCUT2D eigenvalue weighted by Crippen LogP contribution is -2.32. The van der Waals surface area contributed by atoms with Crippen LogP contribution >= 0.6 is 0 Å². The Bertz CT molecular complexity index is 379. The van der Waals surface area contributed by atoms with Crippen LogP contribution in [0.3, 0.4) is 0 Å². The molecule has 1 aromatic rings. The average Bonchev–Trinajstić information content (AvgIpc) is 2.77. The largest absolute Gasteiger partial charge is 0.380 e. The highest BCUT2D eigenvalue weighted by atomic mass is 19.1. The van der Waals surface area contributed by atoms with Crippen LogP contribution in [0.1, 0.15) is 35.7 Å². The van der Waals surface area contributed by atoms with Gasteiger partial charge in [-0.25, -0.2) is 4.39 Å². The van der Waals surface area contributed by atoms with Crippen molar-refractivity contribution in [1.29, 1.82) is 0 Å². The molecule has 6 heteroatoms. The summed E-state index contributed by atoms with van der Waals surface area (Å²) in [6.45, 7) is 3.22. The normalized spacial score (nSPS) is 12.5. The van der Waals surface area contributed by atoms with E-state index < -0.39 is 12.6 Å². The molecule has 17 heavy (non-hydrogen) atoms. The number of nitrogens with one attached hydrogen (secondary N) is 1. The molecule has 5 nitrogen and oxygen atoms in total. The fourth-order valence-electron chi connectivity index (χ4n) is 1.34. The molecule has 96 valence electrons. The maximum Gasteiger partial charge on any atom is 0.273 e. The van der Waals surface area contributed by atoms with E-state index in [1.165, 1.54) is 0 Å². The second-order valence-corrected chi connectivity index (χ2v) is 3.68. The standard InChI is InChI=1S/C11H17FN2O3/c1-4-9-8(5-12)10(14-17-9)11(15)13-6-7(2)16-3/h7H,4-6H2,1-3H3,(H,13,15). The highest BCUT2D eigenvalue weighted by Crippen LogP contribution is 2.16. The molecular weight excluding hydrogens is 227 g/mol. The summed E-state index contributed by atoms with van der Waals surface area (Å²) in [5.74, 6) is -0.0255. The molecule has 0 radical (unpaired) electrons. The zero-order valence-electron chi connectivity index (χ0n) is 10.2. The summed E-state index contributed by atoms with van der Waals surface area (Å²) >= 11 is 0. The minimum atomic E-state index is -0.755. The van der Waals surface area contributed by atoms with Gasteiger partial charge in [0.1, 0.15) is 12.4 Å². The number of aryl methyl sites for hydroxylation is 1. The highest BCUT2D eigenvalue weighted by Gasteiger charge is 2.20. The fraction of sp³-hybridized carbons (Fsp3) is 0.636. The summed E-state index contributed by atoms with van der Waals surface area (Å²) in [6.07, 6.45) is 0.402. The van der Waals surface area contributed by atoms with Crippen LogP contribution in [0.4, 0.5) is 4.39 Å². The van der Waals surface area contributed by atoms with Crippen LogP contribution in [0.15, 0.2) is 4.52 Å². The number of nitrogens with zero attached hydrogens (tertiary/aromatic N) is 1. The van der Waals surface area contributed by atoms with Gasteiger partial charge in [0.2, 0.25) is 0 Å². The minimum Gasteiger partial charge on any atom is -0.380 e. The molecule has 1 aromatic heterocycles. The summed E-state index contributed by atoms with van der Waals surface area (Å²) in [5, 5.41) is 6.20. The average molecular weight is 244 g/mol. The summed E-state index contributed by atoms with van der Waals surface area (Å²) in [4.78, 5) is 11.7. The number of carbonyl (C=O) groups is 1. The molecule has 1 N–H and O–H groups in total. The van der Waals surface area contributed by atoms with Gasteiger partial charge in [-0.2, -0.15) is 0 Å². The number of alkyl halides is 1. The molecule has 1 amide bonds.